The van der Waals surface area contributed by atoms with Gasteiger partial charge in [-0.25, -0.2) is 9.79 Å². The molecule has 9 nitrogen and oxygen atoms in total. The van der Waals surface area contributed by atoms with Gasteiger partial charge in [0.05, 0.1) is 53.2 Å². The minimum absolute atomic E-state index is 0.184. The third kappa shape index (κ3) is 6.32. The molecule has 222 valence electrons. The normalized spacial score (nSPS) is 14.6. The van der Waals surface area contributed by atoms with Crippen molar-refractivity contribution in [1.29, 1.82) is 0 Å². The summed E-state index contributed by atoms with van der Waals surface area (Å²) in [5.74, 6) is 1.60. The molecule has 0 unspecified atom stereocenters. The van der Waals surface area contributed by atoms with Crippen LogP contribution >= 0.6 is 27.3 Å². The molecule has 0 saturated heterocycles. The number of methoxy groups -OCH3 is 1. The molecular weight excluding hydrogens is 624 g/mol. The van der Waals surface area contributed by atoms with E-state index in [2.05, 4.69) is 27.5 Å². The number of benzene rings is 2. The number of carbonyl (C=O) groups is 1. The highest BCUT2D eigenvalue weighted by Crippen LogP contribution is 2.38. The molecule has 4 rings (SSSR count). The summed E-state index contributed by atoms with van der Waals surface area (Å²) in [6, 6.07) is 8.27. The van der Waals surface area contributed by atoms with Crippen LogP contribution in [0.4, 0.5) is 0 Å². The average Bonchev–Trinajstić information content (AvgIpc) is 3.26. The van der Waals surface area contributed by atoms with Crippen molar-refractivity contribution in [3.63, 3.8) is 0 Å². The molecule has 1 aliphatic heterocycles. The van der Waals surface area contributed by atoms with Gasteiger partial charge in [0.1, 0.15) is 6.61 Å². The van der Waals surface area contributed by atoms with Crippen molar-refractivity contribution in [3.05, 3.63) is 89.5 Å². The van der Waals surface area contributed by atoms with Crippen molar-refractivity contribution in [2.45, 2.75) is 33.7 Å². The Hall–Kier alpha value is -3.83. The van der Waals surface area contributed by atoms with E-state index in [9.17, 15) is 9.59 Å². The van der Waals surface area contributed by atoms with Crippen LogP contribution in [-0.4, -0.2) is 44.1 Å². The van der Waals surface area contributed by atoms with Crippen molar-refractivity contribution in [2.75, 3.05) is 33.5 Å². The van der Waals surface area contributed by atoms with Crippen LogP contribution < -0.4 is 33.8 Å². The number of esters is 1. The molecule has 42 heavy (non-hydrogen) atoms. The molecule has 2 aromatic carbocycles. The van der Waals surface area contributed by atoms with Crippen molar-refractivity contribution in [1.82, 2.24) is 4.57 Å². The molecule has 0 aliphatic carbocycles. The van der Waals surface area contributed by atoms with Crippen molar-refractivity contribution in [2.24, 2.45) is 4.99 Å². The number of halogens is 1. The van der Waals surface area contributed by atoms with Crippen molar-refractivity contribution < 1.29 is 28.5 Å². The van der Waals surface area contributed by atoms with E-state index in [-0.39, 0.29) is 17.7 Å². The molecule has 0 N–H and O–H groups in total. The number of rotatable bonds is 12. The fourth-order valence-corrected chi connectivity index (χ4v) is 6.22. The maximum Gasteiger partial charge on any atom is 0.338 e. The van der Waals surface area contributed by atoms with Crippen LogP contribution in [0.2, 0.25) is 0 Å². The third-order valence-corrected chi connectivity index (χ3v) is 7.87. The summed E-state index contributed by atoms with van der Waals surface area (Å²) in [5, 5.41) is 0. The first-order valence-corrected chi connectivity index (χ1v) is 15.1. The first kappa shape index (κ1) is 31.1. The molecule has 3 aromatic rings. The maximum atomic E-state index is 14.0. The van der Waals surface area contributed by atoms with Crippen LogP contribution in [0.3, 0.4) is 0 Å². The minimum atomic E-state index is -0.784. The number of hydrogen-bond donors (Lipinski definition) is 0. The van der Waals surface area contributed by atoms with E-state index in [0.717, 1.165) is 0 Å². The van der Waals surface area contributed by atoms with Crippen LogP contribution in [0.25, 0.3) is 6.08 Å². The third-order valence-electron chi connectivity index (χ3n) is 6.30. The number of fused-ring (bicyclic) bond motifs is 1. The largest absolute Gasteiger partial charge is 0.493 e. The second-order valence-corrected chi connectivity index (χ2v) is 10.9. The fraction of sp³-hybridized carbons (Fsp3) is 0.323. The standard InChI is InChI=1S/C31H33BrN2O7S/c1-7-13-41-28-21(32)14-19(15-24(28)37-6)16-25-29(35)34-27(20-11-12-22(38-8-2)23(17-20)39-9-3)26(30(36)40-10-4)18(5)33-31(34)42-25/h7,11-12,14-17,27H,1,8-10,13H2,2-6H3/b25-16-/t27-/m1/s1. The summed E-state index contributed by atoms with van der Waals surface area (Å²) in [6.45, 7) is 12.3. The maximum absolute atomic E-state index is 14.0. The Morgan fingerprint density at radius 1 is 1.07 bits per heavy atom. The first-order chi connectivity index (χ1) is 20.3. The van der Waals surface area contributed by atoms with Gasteiger partial charge in [-0.05, 0) is 85.1 Å². The molecular formula is C31H33BrN2O7S. The summed E-state index contributed by atoms with van der Waals surface area (Å²) in [5.41, 5.74) is 1.85. The Morgan fingerprint density at radius 3 is 2.48 bits per heavy atom. The van der Waals surface area contributed by atoms with Crippen LogP contribution in [0.5, 0.6) is 23.0 Å². The highest BCUT2D eigenvalue weighted by molar-refractivity contribution is 9.10. The summed E-state index contributed by atoms with van der Waals surface area (Å²) >= 11 is 4.78. The van der Waals surface area contributed by atoms with Crippen LogP contribution in [-0.2, 0) is 9.53 Å². The molecule has 0 fully saturated rings. The van der Waals surface area contributed by atoms with E-state index < -0.39 is 12.0 Å². The quantitative estimate of drug-likeness (QED) is 0.201. The second-order valence-electron chi connectivity index (χ2n) is 9.01. The molecule has 0 spiro atoms. The lowest BCUT2D eigenvalue weighted by molar-refractivity contribution is -0.139. The predicted octanol–water partition coefficient (Wildman–Crippen LogP) is 4.93. The zero-order chi connectivity index (χ0) is 30.4. The summed E-state index contributed by atoms with van der Waals surface area (Å²) in [7, 11) is 1.55. The number of aromatic nitrogens is 1. The Morgan fingerprint density at radius 2 is 1.81 bits per heavy atom. The van der Waals surface area contributed by atoms with Crippen LogP contribution in [0.1, 0.15) is 44.9 Å². The lowest BCUT2D eigenvalue weighted by atomic mass is 9.95. The monoisotopic (exact) mass is 656 g/mol. The van der Waals surface area contributed by atoms with Gasteiger partial charge in [0, 0.05) is 0 Å². The summed E-state index contributed by atoms with van der Waals surface area (Å²) < 4.78 is 30.9. The van der Waals surface area contributed by atoms with Gasteiger partial charge in [0.15, 0.2) is 27.8 Å². The fourth-order valence-electron chi connectivity index (χ4n) is 4.60. The van der Waals surface area contributed by atoms with Gasteiger partial charge in [-0.2, -0.15) is 0 Å². The first-order valence-electron chi connectivity index (χ1n) is 13.5. The van der Waals surface area contributed by atoms with Gasteiger partial charge in [-0.15, -0.1) is 0 Å². The molecule has 0 saturated carbocycles. The van der Waals surface area contributed by atoms with E-state index in [1.165, 1.54) is 15.9 Å². The molecule has 0 amide bonds. The van der Waals surface area contributed by atoms with Crippen LogP contribution in [0, 0.1) is 0 Å². The Labute approximate surface area is 256 Å². The minimum Gasteiger partial charge on any atom is -0.493 e. The Kier molecular flexibility index (Phi) is 10.3. The van der Waals surface area contributed by atoms with Gasteiger partial charge in [0.2, 0.25) is 0 Å². The van der Waals surface area contributed by atoms with Gasteiger partial charge in [-0.1, -0.05) is 30.1 Å². The number of carbonyl (C=O) groups excluding carboxylic acids is 1. The van der Waals surface area contributed by atoms with Crippen LogP contribution in [0.15, 0.2) is 68.5 Å². The molecule has 11 heteroatoms. The van der Waals surface area contributed by atoms with Gasteiger partial charge < -0.3 is 23.7 Å². The van der Waals surface area contributed by atoms with E-state index in [1.807, 2.05) is 26.0 Å². The van der Waals surface area contributed by atoms with E-state index in [1.54, 1.807) is 51.3 Å². The topological polar surface area (TPSA) is 97.6 Å². The van der Waals surface area contributed by atoms with E-state index in [0.29, 0.717) is 73.4 Å². The number of hydrogen-bond acceptors (Lipinski definition) is 9. The average molecular weight is 658 g/mol. The number of ether oxygens (including phenoxy) is 5. The Balaban J connectivity index is 1.92. The van der Waals surface area contributed by atoms with E-state index >= 15 is 0 Å². The molecule has 2 heterocycles. The second kappa shape index (κ2) is 13.9. The van der Waals surface area contributed by atoms with E-state index in [4.69, 9.17) is 23.7 Å². The van der Waals surface area contributed by atoms with Gasteiger partial charge >= 0.3 is 5.97 Å². The molecule has 1 aliphatic rings. The molecule has 1 atom stereocenters. The molecule has 0 radical (unpaired) electrons. The lowest BCUT2D eigenvalue weighted by Gasteiger charge is -2.25. The number of allylic oxidation sites excluding steroid dienone is 1. The number of nitrogens with zero attached hydrogens (tertiary/aromatic N) is 2. The zero-order valence-corrected chi connectivity index (χ0v) is 26.6. The van der Waals surface area contributed by atoms with Gasteiger partial charge in [-0.3, -0.25) is 9.36 Å². The molecule has 1 aromatic heterocycles. The Bertz CT molecular complexity index is 1710. The van der Waals surface area contributed by atoms with Crippen molar-refractivity contribution in [3.8, 4) is 23.0 Å². The highest BCUT2D eigenvalue weighted by atomic mass is 79.9. The van der Waals surface area contributed by atoms with Crippen molar-refractivity contribution >= 4 is 39.3 Å². The highest BCUT2D eigenvalue weighted by Gasteiger charge is 2.34. The SMILES string of the molecule is C=CCOc1c(Br)cc(/C=c2\sc3n(c2=O)[C@H](c2ccc(OCC)c(OCC)c2)C(C(=O)OCC)=C(C)N=3)cc1OC. The number of thiazole rings is 1. The predicted molar refractivity (Wildman–Crippen MR) is 166 cm³/mol. The smallest absolute Gasteiger partial charge is 0.338 e. The molecule has 0 bridgehead atoms. The lowest BCUT2D eigenvalue weighted by Crippen LogP contribution is -2.40. The summed E-state index contributed by atoms with van der Waals surface area (Å²) in [6.07, 6.45) is 3.41. The summed E-state index contributed by atoms with van der Waals surface area (Å²) in [4.78, 5) is 32.4. The van der Waals surface area contributed by atoms with Gasteiger partial charge in [0.25, 0.3) is 5.56 Å². The zero-order valence-electron chi connectivity index (χ0n) is 24.2.